The monoisotopic (exact) mass is 236 g/mol. The molecule has 1 amide bonds. The highest BCUT2D eigenvalue weighted by Crippen LogP contribution is 2.16. The summed E-state index contributed by atoms with van der Waals surface area (Å²) >= 11 is 0. The Morgan fingerprint density at radius 2 is 2.12 bits per heavy atom. The van der Waals surface area contributed by atoms with Gasteiger partial charge in [0.2, 0.25) is 0 Å². The molecule has 0 fully saturated rings. The molecule has 2 N–H and O–H groups in total. The lowest BCUT2D eigenvalue weighted by Crippen LogP contribution is -2.39. The van der Waals surface area contributed by atoms with Gasteiger partial charge >= 0.3 is 0 Å². The molecule has 1 atom stereocenters. The fraction of sp³-hybridized carbons (Fsp3) is 0.462. The van der Waals surface area contributed by atoms with Gasteiger partial charge in [-0.3, -0.25) is 4.79 Å². The van der Waals surface area contributed by atoms with E-state index in [0.29, 0.717) is 11.1 Å². The number of amides is 1. The largest absolute Gasteiger partial charge is 0.508 e. The van der Waals surface area contributed by atoms with Gasteiger partial charge in [0, 0.05) is 18.2 Å². The van der Waals surface area contributed by atoms with Crippen molar-refractivity contribution in [1.82, 2.24) is 10.2 Å². The Morgan fingerprint density at radius 3 is 2.65 bits per heavy atom. The molecule has 0 heterocycles. The van der Waals surface area contributed by atoms with Gasteiger partial charge < -0.3 is 15.3 Å². The fourth-order valence-electron chi connectivity index (χ4n) is 1.70. The van der Waals surface area contributed by atoms with E-state index < -0.39 is 0 Å². The molecule has 4 nitrogen and oxygen atoms in total. The molecule has 94 valence electrons. The maximum Gasteiger partial charge on any atom is 0.251 e. The van der Waals surface area contributed by atoms with Crippen LogP contribution in [-0.2, 0) is 0 Å². The fourth-order valence-corrected chi connectivity index (χ4v) is 1.70. The van der Waals surface area contributed by atoms with Crippen LogP contribution in [0, 0.1) is 6.92 Å². The van der Waals surface area contributed by atoms with E-state index in [2.05, 4.69) is 5.32 Å². The van der Waals surface area contributed by atoms with Crippen LogP contribution in [0.5, 0.6) is 5.75 Å². The van der Waals surface area contributed by atoms with E-state index in [1.54, 1.807) is 25.1 Å². The molecule has 4 heteroatoms. The highest BCUT2D eigenvalue weighted by molar-refractivity contribution is 5.94. The smallest absolute Gasteiger partial charge is 0.251 e. The molecular formula is C13H20N2O2. The molecule has 0 saturated heterocycles. The van der Waals surface area contributed by atoms with Crippen LogP contribution < -0.4 is 5.32 Å². The van der Waals surface area contributed by atoms with Gasteiger partial charge in [0.25, 0.3) is 5.91 Å². The van der Waals surface area contributed by atoms with E-state index in [4.69, 9.17) is 0 Å². The number of phenols is 1. The minimum absolute atomic E-state index is 0.0895. The van der Waals surface area contributed by atoms with Crippen molar-refractivity contribution in [2.45, 2.75) is 19.9 Å². The Labute approximate surface area is 102 Å². The van der Waals surface area contributed by atoms with Gasteiger partial charge in [-0.15, -0.1) is 0 Å². The molecule has 1 aromatic rings. The van der Waals surface area contributed by atoms with Crippen LogP contribution in [0.4, 0.5) is 0 Å². The number of aryl methyl sites for hydroxylation is 1. The molecule has 1 rings (SSSR count). The zero-order chi connectivity index (χ0) is 13.0. The first-order valence-corrected chi connectivity index (χ1v) is 5.65. The molecule has 0 bridgehead atoms. The van der Waals surface area contributed by atoms with Gasteiger partial charge in [-0.1, -0.05) is 0 Å². The number of hydrogen-bond donors (Lipinski definition) is 2. The molecule has 1 unspecified atom stereocenters. The Hall–Kier alpha value is -1.55. The number of nitrogens with one attached hydrogen (secondary N) is 1. The summed E-state index contributed by atoms with van der Waals surface area (Å²) in [4.78, 5) is 13.9. The molecule has 0 spiro atoms. The van der Waals surface area contributed by atoms with Crippen molar-refractivity contribution < 1.29 is 9.90 Å². The first-order valence-electron chi connectivity index (χ1n) is 5.65. The maximum atomic E-state index is 11.9. The normalized spacial score (nSPS) is 12.5. The molecule has 0 aliphatic heterocycles. The van der Waals surface area contributed by atoms with E-state index in [1.165, 1.54) is 0 Å². The predicted octanol–water partition coefficient (Wildman–Crippen LogP) is 1.38. The number of likely N-dealkylation sites (N-methyl/N-ethyl adjacent to an activating group) is 1. The second kappa shape index (κ2) is 5.68. The highest BCUT2D eigenvalue weighted by atomic mass is 16.3. The van der Waals surface area contributed by atoms with Gasteiger partial charge in [-0.05, 0) is 51.7 Å². The molecule has 1 aromatic carbocycles. The van der Waals surface area contributed by atoms with Crippen molar-refractivity contribution in [2.75, 3.05) is 20.6 Å². The average molecular weight is 236 g/mol. The van der Waals surface area contributed by atoms with Crippen LogP contribution in [0.2, 0.25) is 0 Å². The standard InChI is InChI=1S/C13H20N2O2/c1-9-7-11(5-6-12(9)16)13(17)14-10(2)8-15(3)4/h5-7,10,16H,8H2,1-4H3,(H,14,17). The van der Waals surface area contributed by atoms with Crippen molar-refractivity contribution in [3.05, 3.63) is 29.3 Å². The van der Waals surface area contributed by atoms with Crippen LogP contribution in [0.25, 0.3) is 0 Å². The van der Waals surface area contributed by atoms with Crippen molar-refractivity contribution in [2.24, 2.45) is 0 Å². The summed E-state index contributed by atoms with van der Waals surface area (Å²) in [6, 6.07) is 4.94. The minimum atomic E-state index is -0.109. The summed E-state index contributed by atoms with van der Waals surface area (Å²) in [7, 11) is 3.93. The number of carbonyl (C=O) groups excluding carboxylic acids is 1. The van der Waals surface area contributed by atoms with Gasteiger partial charge in [0.15, 0.2) is 0 Å². The van der Waals surface area contributed by atoms with Gasteiger partial charge in [-0.2, -0.15) is 0 Å². The molecule has 0 aliphatic carbocycles. The van der Waals surface area contributed by atoms with Crippen molar-refractivity contribution >= 4 is 5.91 Å². The maximum absolute atomic E-state index is 11.9. The van der Waals surface area contributed by atoms with E-state index >= 15 is 0 Å². The third kappa shape index (κ3) is 4.07. The van der Waals surface area contributed by atoms with E-state index in [0.717, 1.165) is 6.54 Å². The Kier molecular flexibility index (Phi) is 4.52. The molecule has 0 saturated carbocycles. The number of phenolic OH excluding ortho intramolecular Hbond substituents is 1. The quantitative estimate of drug-likeness (QED) is 0.830. The predicted molar refractivity (Wildman–Crippen MR) is 68.3 cm³/mol. The third-order valence-electron chi connectivity index (χ3n) is 2.48. The van der Waals surface area contributed by atoms with Crippen molar-refractivity contribution in [1.29, 1.82) is 0 Å². The highest BCUT2D eigenvalue weighted by Gasteiger charge is 2.11. The Bertz CT molecular complexity index is 402. The zero-order valence-corrected chi connectivity index (χ0v) is 10.8. The molecule has 0 radical (unpaired) electrons. The van der Waals surface area contributed by atoms with Crippen molar-refractivity contribution in [3.8, 4) is 5.75 Å². The van der Waals surface area contributed by atoms with Gasteiger partial charge in [-0.25, -0.2) is 0 Å². The molecule has 0 aliphatic rings. The summed E-state index contributed by atoms with van der Waals surface area (Å²) in [5, 5.41) is 12.3. The van der Waals surface area contributed by atoms with Gasteiger partial charge in [0.1, 0.15) is 5.75 Å². The summed E-state index contributed by atoms with van der Waals surface area (Å²) < 4.78 is 0. The van der Waals surface area contributed by atoms with E-state index in [-0.39, 0.29) is 17.7 Å². The minimum Gasteiger partial charge on any atom is -0.508 e. The number of carbonyl (C=O) groups is 1. The number of benzene rings is 1. The third-order valence-corrected chi connectivity index (χ3v) is 2.48. The lowest BCUT2D eigenvalue weighted by atomic mass is 10.1. The topological polar surface area (TPSA) is 52.6 Å². The average Bonchev–Trinajstić information content (AvgIpc) is 2.20. The van der Waals surface area contributed by atoms with Crippen molar-refractivity contribution in [3.63, 3.8) is 0 Å². The lowest BCUT2D eigenvalue weighted by molar-refractivity contribution is 0.0934. The zero-order valence-electron chi connectivity index (χ0n) is 10.8. The van der Waals surface area contributed by atoms with Crippen LogP contribution in [0.15, 0.2) is 18.2 Å². The number of hydrogen-bond acceptors (Lipinski definition) is 3. The van der Waals surface area contributed by atoms with Crippen LogP contribution in [-0.4, -0.2) is 42.6 Å². The Balaban J connectivity index is 2.66. The molecular weight excluding hydrogens is 216 g/mol. The molecule has 0 aromatic heterocycles. The van der Waals surface area contributed by atoms with Crippen LogP contribution in [0.1, 0.15) is 22.8 Å². The number of rotatable bonds is 4. The first-order chi connectivity index (χ1) is 7.90. The second-order valence-corrected chi connectivity index (χ2v) is 4.64. The number of nitrogens with zero attached hydrogens (tertiary/aromatic N) is 1. The summed E-state index contributed by atoms with van der Waals surface area (Å²) in [6.45, 7) is 4.53. The Morgan fingerprint density at radius 1 is 1.47 bits per heavy atom. The van der Waals surface area contributed by atoms with E-state index in [1.807, 2.05) is 25.9 Å². The SMILES string of the molecule is Cc1cc(C(=O)NC(C)CN(C)C)ccc1O. The summed E-state index contributed by atoms with van der Waals surface area (Å²) in [5.74, 6) is 0.102. The van der Waals surface area contributed by atoms with Gasteiger partial charge in [0.05, 0.1) is 0 Å². The van der Waals surface area contributed by atoms with Crippen LogP contribution >= 0.6 is 0 Å². The number of aromatic hydroxyl groups is 1. The second-order valence-electron chi connectivity index (χ2n) is 4.64. The summed E-state index contributed by atoms with van der Waals surface area (Å²) in [5.41, 5.74) is 1.28. The molecule has 17 heavy (non-hydrogen) atoms. The van der Waals surface area contributed by atoms with Crippen LogP contribution in [0.3, 0.4) is 0 Å². The first kappa shape index (κ1) is 13.5. The van der Waals surface area contributed by atoms with E-state index in [9.17, 15) is 9.90 Å². The lowest BCUT2D eigenvalue weighted by Gasteiger charge is -2.18. The summed E-state index contributed by atoms with van der Waals surface area (Å²) in [6.07, 6.45) is 0.